The molecule has 0 saturated heterocycles. The molecule has 0 N–H and O–H groups in total. The van der Waals surface area contributed by atoms with Gasteiger partial charge >= 0.3 is 6.36 Å². The van der Waals surface area contributed by atoms with E-state index in [0.717, 1.165) is 0 Å². The van der Waals surface area contributed by atoms with Crippen molar-refractivity contribution in [3.63, 3.8) is 0 Å². The maximum absolute atomic E-state index is 12.3. The molecule has 104 valence electrons. The third kappa shape index (κ3) is 4.30. The minimum absolute atomic E-state index is 0.0175. The molecule has 0 aliphatic rings. The molecule has 1 aromatic rings. The van der Waals surface area contributed by atoms with Crippen molar-refractivity contribution >= 4 is 30.5 Å². The van der Waals surface area contributed by atoms with Crippen molar-refractivity contribution in [1.29, 1.82) is 0 Å². The molecule has 0 bridgehead atoms. The quantitative estimate of drug-likeness (QED) is 0.277. The van der Waals surface area contributed by atoms with E-state index in [9.17, 15) is 13.2 Å². The van der Waals surface area contributed by atoms with Gasteiger partial charge in [-0.15, -0.1) is 13.2 Å². The molecule has 0 amide bonds. The average Bonchev–Trinajstić information content (AvgIpc) is 2.17. The van der Waals surface area contributed by atoms with Gasteiger partial charge in [-0.1, -0.05) is 36.4 Å². The molecule has 10 heteroatoms. The minimum atomic E-state index is -4.86. The normalized spacial score (nSPS) is 11.9. The van der Waals surface area contributed by atoms with Gasteiger partial charge in [-0.05, 0) is 11.6 Å². The van der Waals surface area contributed by atoms with Crippen LogP contribution in [0.25, 0.3) is 10.4 Å². The van der Waals surface area contributed by atoms with Crippen LogP contribution >= 0.6 is 11.6 Å². The number of nitrogens with zero attached hydrogens (tertiary/aromatic N) is 4. The molecular formula is C9H10ClF3N4OSi. The first-order valence-electron chi connectivity index (χ1n) is 5.06. The molecule has 5 nitrogen and oxygen atoms in total. The van der Waals surface area contributed by atoms with Crippen LogP contribution in [0.2, 0.25) is 24.8 Å². The highest BCUT2D eigenvalue weighted by Gasteiger charge is 2.35. The summed E-state index contributed by atoms with van der Waals surface area (Å²) in [5.41, 5.74) is 8.35. The van der Waals surface area contributed by atoms with Crippen molar-refractivity contribution in [3.05, 3.63) is 21.7 Å². The molecule has 0 unspecified atom stereocenters. The largest absolute Gasteiger partial charge is 0.574 e. The summed E-state index contributed by atoms with van der Waals surface area (Å²) in [4.78, 5) is 6.08. The minimum Gasteiger partial charge on any atom is -0.388 e. The van der Waals surface area contributed by atoms with Gasteiger partial charge in [-0.3, -0.25) is 0 Å². The molecule has 1 aromatic heterocycles. The second-order valence-corrected chi connectivity index (χ2v) is 10.0. The number of alkyl halides is 3. The van der Waals surface area contributed by atoms with Crippen LogP contribution < -0.4 is 9.92 Å². The van der Waals surface area contributed by atoms with Gasteiger partial charge in [-0.2, -0.15) is 0 Å². The molecule has 0 spiro atoms. The molecule has 0 aliphatic heterocycles. The summed E-state index contributed by atoms with van der Waals surface area (Å²) in [5.74, 6) is -0.589. The fourth-order valence-corrected chi connectivity index (χ4v) is 2.80. The zero-order valence-corrected chi connectivity index (χ0v) is 12.0. The molecule has 1 rings (SSSR count). The Morgan fingerprint density at radius 3 is 2.42 bits per heavy atom. The molecule has 0 aliphatic carbocycles. The van der Waals surface area contributed by atoms with E-state index in [1.807, 2.05) is 0 Å². The maximum Gasteiger partial charge on any atom is 0.574 e. The molecule has 1 heterocycles. The van der Waals surface area contributed by atoms with Crippen LogP contribution in [0.5, 0.6) is 5.88 Å². The molecule has 0 fully saturated rings. The van der Waals surface area contributed by atoms with E-state index in [-0.39, 0.29) is 16.0 Å². The zero-order valence-electron chi connectivity index (χ0n) is 10.3. The van der Waals surface area contributed by atoms with E-state index in [1.165, 1.54) is 6.07 Å². The van der Waals surface area contributed by atoms with Crippen LogP contribution in [-0.2, 0) is 0 Å². The van der Waals surface area contributed by atoms with E-state index in [4.69, 9.17) is 17.1 Å². The second-order valence-electron chi connectivity index (χ2n) is 4.64. The molecule has 0 aromatic carbocycles. The number of halogens is 4. The van der Waals surface area contributed by atoms with Crippen molar-refractivity contribution in [2.24, 2.45) is 5.11 Å². The second kappa shape index (κ2) is 5.28. The Bertz CT molecular complexity index is 537. The van der Waals surface area contributed by atoms with Gasteiger partial charge in [0.1, 0.15) is 5.15 Å². The van der Waals surface area contributed by atoms with Crippen molar-refractivity contribution in [2.45, 2.75) is 26.0 Å². The topological polar surface area (TPSA) is 70.9 Å². The van der Waals surface area contributed by atoms with Crippen molar-refractivity contribution < 1.29 is 17.9 Å². The van der Waals surface area contributed by atoms with Gasteiger partial charge in [0.25, 0.3) is 0 Å². The average molecular weight is 311 g/mol. The lowest BCUT2D eigenvalue weighted by Crippen LogP contribution is -2.40. The standard InChI is InChI=1S/C9H10ClF3N4OSi/c1-19(2,3)6-4-5(16-17-14)7(10)15-8(6)18-9(11,12)13/h4H,1-3H3. The summed E-state index contributed by atoms with van der Waals surface area (Å²) in [6, 6.07) is 1.29. The van der Waals surface area contributed by atoms with Crippen LogP contribution in [0, 0.1) is 0 Å². The number of azide groups is 1. The fourth-order valence-electron chi connectivity index (χ4n) is 1.31. The van der Waals surface area contributed by atoms with Crippen LogP contribution in [0.4, 0.5) is 18.9 Å². The summed E-state index contributed by atoms with van der Waals surface area (Å²) in [5, 5.41) is 3.23. The molecule has 0 radical (unpaired) electrons. The summed E-state index contributed by atoms with van der Waals surface area (Å²) >= 11 is 5.65. The number of pyridine rings is 1. The summed E-state index contributed by atoms with van der Waals surface area (Å²) in [7, 11) is -2.19. The Balaban J connectivity index is 3.45. The number of hydrogen-bond acceptors (Lipinski definition) is 3. The third-order valence-electron chi connectivity index (χ3n) is 2.10. The van der Waals surface area contributed by atoms with Crippen molar-refractivity contribution in [2.75, 3.05) is 0 Å². The van der Waals surface area contributed by atoms with Gasteiger partial charge in [0.2, 0.25) is 5.88 Å². The highest BCUT2D eigenvalue weighted by molar-refractivity contribution is 6.89. The Morgan fingerprint density at radius 2 is 2.00 bits per heavy atom. The van der Waals surface area contributed by atoms with E-state index in [2.05, 4.69) is 19.7 Å². The van der Waals surface area contributed by atoms with E-state index >= 15 is 0 Å². The molecular weight excluding hydrogens is 301 g/mol. The summed E-state index contributed by atoms with van der Waals surface area (Å²) in [6.07, 6.45) is -4.86. The first kappa shape index (κ1) is 15.6. The Labute approximate surface area is 113 Å². The highest BCUT2D eigenvalue weighted by atomic mass is 35.5. The Kier molecular flexibility index (Phi) is 4.34. The van der Waals surface area contributed by atoms with Gasteiger partial charge in [0, 0.05) is 10.1 Å². The van der Waals surface area contributed by atoms with Crippen molar-refractivity contribution in [1.82, 2.24) is 4.98 Å². The van der Waals surface area contributed by atoms with Crippen molar-refractivity contribution in [3.8, 4) is 5.88 Å². The van der Waals surface area contributed by atoms with Gasteiger partial charge in [0.15, 0.2) is 0 Å². The van der Waals surface area contributed by atoms with Crippen LogP contribution in [0.15, 0.2) is 11.2 Å². The van der Waals surface area contributed by atoms with Gasteiger partial charge < -0.3 is 4.74 Å². The van der Waals surface area contributed by atoms with E-state index < -0.39 is 20.3 Å². The van der Waals surface area contributed by atoms with Crippen LogP contribution in [0.1, 0.15) is 0 Å². The summed E-state index contributed by atoms with van der Waals surface area (Å²) in [6.45, 7) is 5.42. The number of rotatable bonds is 3. The first-order valence-corrected chi connectivity index (χ1v) is 8.94. The lowest BCUT2D eigenvalue weighted by molar-refractivity contribution is -0.275. The smallest absolute Gasteiger partial charge is 0.388 e. The molecule has 19 heavy (non-hydrogen) atoms. The van der Waals surface area contributed by atoms with E-state index in [0.29, 0.717) is 0 Å². The predicted molar refractivity (Wildman–Crippen MR) is 67.7 cm³/mol. The third-order valence-corrected chi connectivity index (χ3v) is 4.35. The Morgan fingerprint density at radius 1 is 1.42 bits per heavy atom. The lowest BCUT2D eigenvalue weighted by Gasteiger charge is -2.21. The predicted octanol–water partition coefficient (Wildman–Crippen LogP) is 4.12. The Hall–Kier alpha value is -1.44. The number of aromatic nitrogens is 1. The fraction of sp³-hybridized carbons (Fsp3) is 0.444. The summed E-state index contributed by atoms with van der Waals surface area (Å²) < 4.78 is 40.8. The monoisotopic (exact) mass is 310 g/mol. The first-order chi connectivity index (χ1) is 8.54. The highest BCUT2D eigenvalue weighted by Crippen LogP contribution is 2.29. The van der Waals surface area contributed by atoms with Crippen LogP contribution in [0.3, 0.4) is 0 Å². The van der Waals surface area contributed by atoms with Crippen LogP contribution in [-0.4, -0.2) is 19.4 Å². The lowest BCUT2D eigenvalue weighted by atomic mass is 10.4. The number of hydrogen-bond donors (Lipinski definition) is 0. The van der Waals surface area contributed by atoms with E-state index in [1.54, 1.807) is 19.6 Å². The molecule has 0 atom stereocenters. The zero-order chi connectivity index (χ0) is 14.8. The molecule has 0 saturated carbocycles. The maximum atomic E-state index is 12.3. The number of ether oxygens (including phenoxy) is 1. The SMILES string of the molecule is C[Si](C)(C)c1cc(N=[N+]=[N-])c(Cl)nc1OC(F)(F)F. The van der Waals surface area contributed by atoms with Gasteiger partial charge in [0.05, 0.1) is 13.8 Å². The van der Waals surface area contributed by atoms with Gasteiger partial charge in [-0.25, -0.2) is 4.98 Å².